The van der Waals surface area contributed by atoms with Gasteiger partial charge in [0, 0.05) is 51.6 Å². The Bertz CT molecular complexity index is 1180. The monoisotopic (exact) mass is 717 g/mol. The van der Waals surface area contributed by atoms with Crippen molar-refractivity contribution >= 4 is 0 Å². The summed E-state index contributed by atoms with van der Waals surface area (Å²) in [5, 5.41) is 0. The summed E-state index contributed by atoms with van der Waals surface area (Å²) in [4.78, 5) is 0. The van der Waals surface area contributed by atoms with Crippen LogP contribution in [0.1, 0.15) is 70.8 Å². The third-order valence-corrected chi connectivity index (χ3v) is 7.29. The Hall–Kier alpha value is -1.89. The number of pyridine rings is 3. The van der Waals surface area contributed by atoms with Crippen molar-refractivity contribution in [1.82, 2.24) is 0 Å². The van der Waals surface area contributed by atoms with Gasteiger partial charge in [-0.2, -0.15) is 0 Å². The average molecular weight is 720 g/mol. The van der Waals surface area contributed by atoms with Crippen LogP contribution in [0.3, 0.4) is 0 Å². The standard InChI is InChI=1S/C33H42N3.3BrH/c1-7-28-31(22-34-16-10-13-25(4)19-34)29(8-2)33(24-36-18-12-15-27(6)21-36)30(9-3)32(28)23-35-17-11-14-26(5)20-35;;;/h10-21H,7-9,22-24H2,1-6H3;3*1H/q+3;;;/p-3. The van der Waals surface area contributed by atoms with Gasteiger partial charge in [-0.3, -0.25) is 0 Å². The summed E-state index contributed by atoms with van der Waals surface area (Å²) in [5.41, 5.74) is 13.0. The molecule has 0 aliphatic heterocycles. The molecule has 0 bridgehead atoms. The highest BCUT2D eigenvalue weighted by atomic mass is 79.9. The van der Waals surface area contributed by atoms with Crippen LogP contribution in [0.5, 0.6) is 0 Å². The number of aromatic nitrogens is 3. The van der Waals surface area contributed by atoms with Gasteiger partial charge < -0.3 is 50.9 Å². The molecule has 4 aromatic rings. The Morgan fingerprint density at radius 1 is 0.436 bits per heavy atom. The van der Waals surface area contributed by atoms with Gasteiger partial charge in [0.15, 0.2) is 56.8 Å². The van der Waals surface area contributed by atoms with Gasteiger partial charge in [-0.1, -0.05) is 20.8 Å². The first-order valence-corrected chi connectivity index (χ1v) is 13.5. The number of rotatable bonds is 9. The van der Waals surface area contributed by atoms with Gasteiger partial charge in [-0.05, 0) is 74.9 Å². The van der Waals surface area contributed by atoms with Crippen molar-refractivity contribution in [3.63, 3.8) is 0 Å². The molecule has 0 fully saturated rings. The van der Waals surface area contributed by atoms with Crippen molar-refractivity contribution < 1.29 is 64.6 Å². The van der Waals surface area contributed by atoms with Gasteiger partial charge in [-0.25, -0.2) is 13.7 Å². The Kier molecular flexibility index (Phi) is 14.8. The van der Waals surface area contributed by atoms with Crippen molar-refractivity contribution in [3.8, 4) is 0 Å². The zero-order valence-corrected chi connectivity index (χ0v) is 28.9. The van der Waals surface area contributed by atoms with Crippen LogP contribution in [-0.2, 0) is 38.9 Å². The van der Waals surface area contributed by atoms with Crippen LogP contribution >= 0.6 is 0 Å². The van der Waals surface area contributed by atoms with Gasteiger partial charge in [0.1, 0.15) is 0 Å². The number of hydrogen-bond acceptors (Lipinski definition) is 0. The van der Waals surface area contributed by atoms with Gasteiger partial charge in [0.05, 0.1) is 0 Å². The molecule has 3 aromatic heterocycles. The van der Waals surface area contributed by atoms with E-state index in [0.29, 0.717) is 0 Å². The van der Waals surface area contributed by atoms with E-state index in [-0.39, 0.29) is 50.9 Å². The fourth-order valence-corrected chi connectivity index (χ4v) is 5.75. The van der Waals surface area contributed by atoms with Crippen LogP contribution in [0, 0.1) is 20.8 Å². The molecule has 39 heavy (non-hydrogen) atoms. The van der Waals surface area contributed by atoms with Crippen molar-refractivity contribution in [1.29, 1.82) is 0 Å². The molecule has 3 nitrogen and oxygen atoms in total. The quantitative estimate of drug-likeness (QED) is 0.158. The number of aryl methyl sites for hydroxylation is 3. The van der Waals surface area contributed by atoms with Crippen molar-refractivity contribution in [3.05, 3.63) is 124 Å². The highest BCUT2D eigenvalue weighted by molar-refractivity contribution is 5.52. The Labute approximate surface area is 267 Å². The van der Waals surface area contributed by atoms with Crippen molar-refractivity contribution in [2.24, 2.45) is 0 Å². The Morgan fingerprint density at radius 2 is 0.692 bits per heavy atom. The fraction of sp³-hybridized carbons (Fsp3) is 0.364. The molecule has 1 aromatic carbocycles. The molecular weight excluding hydrogens is 678 g/mol. The molecule has 210 valence electrons. The van der Waals surface area contributed by atoms with Crippen LogP contribution < -0.4 is 64.6 Å². The summed E-state index contributed by atoms with van der Waals surface area (Å²) in [7, 11) is 0. The zero-order chi connectivity index (χ0) is 25.7. The molecule has 6 heteroatoms. The number of benzene rings is 1. The molecular formula is C33H42Br3N3. The maximum atomic E-state index is 2.36. The molecule has 0 aliphatic carbocycles. The zero-order valence-electron chi connectivity index (χ0n) is 24.1. The summed E-state index contributed by atoms with van der Waals surface area (Å²) in [6.07, 6.45) is 16.6. The molecule has 0 amide bonds. The minimum atomic E-state index is 0. The summed E-state index contributed by atoms with van der Waals surface area (Å²) in [6.45, 7) is 16.3. The van der Waals surface area contributed by atoms with E-state index in [4.69, 9.17) is 0 Å². The molecule has 0 atom stereocenters. The van der Waals surface area contributed by atoms with Crippen molar-refractivity contribution in [2.45, 2.75) is 80.4 Å². The van der Waals surface area contributed by atoms with Crippen molar-refractivity contribution in [2.75, 3.05) is 0 Å². The minimum absolute atomic E-state index is 0. The molecule has 0 saturated carbocycles. The molecule has 4 rings (SSSR count). The maximum absolute atomic E-state index is 2.36. The Balaban J connectivity index is 0.00000253. The lowest BCUT2D eigenvalue weighted by Gasteiger charge is -2.23. The summed E-state index contributed by atoms with van der Waals surface area (Å²) >= 11 is 0. The predicted molar refractivity (Wildman–Crippen MR) is 146 cm³/mol. The summed E-state index contributed by atoms with van der Waals surface area (Å²) in [5.74, 6) is 0. The maximum Gasteiger partial charge on any atom is 0.174 e. The minimum Gasteiger partial charge on any atom is -1.00 e. The SMILES string of the molecule is CCc1c(C[n+]2cccc(C)c2)c(CC)c(C[n+]2cccc(C)c2)c(CC)c1C[n+]1cccc(C)c1.[Br-].[Br-].[Br-]. The van der Waals surface area contributed by atoms with Gasteiger partial charge in [0.2, 0.25) is 0 Å². The summed E-state index contributed by atoms with van der Waals surface area (Å²) in [6, 6.07) is 13.0. The lowest BCUT2D eigenvalue weighted by atomic mass is 9.83. The van der Waals surface area contributed by atoms with Gasteiger partial charge >= 0.3 is 0 Å². The first-order chi connectivity index (χ1) is 17.4. The van der Waals surface area contributed by atoms with Gasteiger partial charge in [-0.15, -0.1) is 0 Å². The van der Waals surface area contributed by atoms with E-state index in [1.807, 2.05) is 0 Å². The number of halogens is 3. The highest BCUT2D eigenvalue weighted by Gasteiger charge is 2.27. The van der Waals surface area contributed by atoms with E-state index < -0.39 is 0 Å². The molecule has 0 saturated heterocycles. The van der Waals surface area contributed by atoms with Crippen LogP contribution in [0.15, 0.2) is 73.6 Å². The molecule has 0 radical (unpaired) electrons. The second-order valence-corrected chi connectivity index (χ2v) is 10.1. The number of nitrogens with zero attached hydrogens (tertiary/aromatic N) is 3. The normalized spacial score (nSPS) is 10.3. The second-order valence-electron chi connectivity index (χ2n) is 10.1. The Morgan fingerprint density at radius 3 is 0.897 bits per heavy atom. The highest BCUT2D eigenvalue weighted by Crippen LogP contribution is 2.31. The first-order valence-electron chi connectivity index (χ1n) is 13.5. The van der Waals surface area contributed by atoms with Crippen LogP contribution in [-0.4, -0.2) is 0 Å². The second kappa shape index (κ2) is 16.4. The largest absolute Gasteiger partial charge is 1.00 e. The van der Waals surface area contributed by atoms with Gasteiger partial charge in [0.25, 0.3) is 0 Å². The van der Waals surface area contributed by atoms with E-state index in [1.54, 1.807) is 0 Å². The number of hydrogen-bond donors (Lipinski definition) is 0. The van der Waals surface area contributed by atoms with E-state index in [0.717, 1.165) is 38.9 Å². The van der Waals surface area contributed by atoms with Crippen LogP contribution in [0.25, 0.3) is 0 Å². The lowest BCUT2D eigenvalue weighted by Crippen LogP contribution is -3.00. The topological polar surface area (TPSA) is 11.6 Å². The smallest absolute Gasteiger partial charge is 0.174 e. The van der Waals surface area contributed by atoms with E-state index in [9.17, 15) is 0 Å². The third kappa shape index (κ3) is 8.55. The van der Waals surface area contributed by atoms with Crippen LogP contribution in [0.2, 0.25) is 0 Å². The van der Waals surface area contributed by atoms with E-state index in [2.05, 4.69) is 129 Å². The fourth-order valence-electron chi connectivity index (χ4n) is 5.75. The first kappa shape index (κ1) is 35.1. The average Bonchev–Trinajstić information content (AvgIpc) is 2.85. The predicted octanol–water partition coefficient (Wildman–Crippen LogP) is -3.68. The lowest BCUT2D eigenvalue weighted by molar-refractivity contribution is -0.691. The molecule has 3 heterocycles. The molecule has 0 aliphatic rings. The molecule has 0 N–H and O–H groups in total. The molecule has 0 spiro atoms. The third-order valence-electron chi connectivity index (χ3n) is 7.29. The summed E-state index contributed by atoms with van der Waals surface area (Å²) < 4.78 is 7.09. The van der Waals surface area contributed by atoms with E-state index in [1.165, 1.54) is 50.1 Å². The van der Waals surface area contributed by atoms with E-state index >= 15 is 0 Å². The molecule has 0 unspecified atom stereocenters. The van der Waals surface area contributed by atoms with Crippen LogP contribution in [0.4, 0.5) is 0 Å².